The van der Waals surface area contributed by atoms with E-state index in [2.05, 4.69) is 15.9 Å². The van der Waals surface area contributed by atoms with Gasteiger partial charge in [0.1, 0.15) is 0 Å². The molecule has 0 saturated carbocycles. The molecule has 1 rings (SSSR count). The topological polar surface area (TPSA) is 43.1 Å². The average Bonchev–Trinajstić information content (AvgIpc) is 2.15. The Hall–Kier alpha value is -0.260. The van der Waals surface area contributed by atoms with Gasteiger partial charge in [-0.15, -0.1) is 23.4 Å². The first kappa shape index (κ1) is 11.8. The quantitative estimate of drug-likeness (QED) is 0.368. The third-order valence-electron chi connectivity index (χ3n) is 1.46. The Bertz CT molecular complexity index is 348. The first-order chi connectivity index (χ1) is 6.65. The largest absolute Gasteiger partial charge is 0.270 e. The van der Waals surface area contributed by atoms with Crippen LogP contribution in [-0.2, 0) is 0 Å². The van der Waals surface area contributed by atoms with Gasteiger partial charge in [0.05, 0.1) is 4.92 Å². The minimum Gasteiger partial charge on any atom is -0.258 e. The van der Waals surface area contributed by atoms with Crippen molar-refractivity contribution in [1.29, 1.82) is 0 Å². The Labute approximate surface area is 99.1 Å². The molecule has 6 heteroatoms. The van der Waals surface area contributed by atoms with E-state index in [-0.39, 0.29) is 5.69 Å². The molecule has 0 atom stereocenters. The van der Waals surface area contributed by atoms with Crippen LogP contribution in [0.15, 0.2) is 27.6 Å². The zero-order valence-electron chi connectivity index (χ0n) is 7.07. The molecule has 0 aromatic heterocycles. The van der Waals surface area contributed by atoms with Crippen LogP contribution in [0, 0.1) is 10.1 Å². The maximum absolute atomic E-state index is 10.4. The molecule has 0 fully saturated rings. The van der Waals surface area contributed by atoms with Crippen LogP contribution in [0.5, 0.6) is 0 Å². The molecule has 0 spiro atoms. The average molecular weight is 297 g/mol. The minimum atomic E-state index is -0.416. The summed E-state index contributed by atoms with van der Waals surface area (Å²) in [5.41, 5.74) is 0.0899. The van der Waals surface area contributed by atoms with Crippen molar-refractivity contribution < 1.29 is 4.92 Å². The lowest BCUT2D eigenvalue weighted by Gasteiger charge is -2.01. The van der Waals surface area contributed by atoms with E-state index in [1.807, 2.05) is 0 Å². The Morgan fingerprint density at radius 1 is 1.57 bits per heavy atom. The Morgan fingerprint density at radius 3 is 2.79 bits per heavy atom. The summed E-state index contributed by atoms with van der Waals surface area (Å²) in [6.07, 6.45) is 0. The molecule has 0 aliphatic carbocycles. The number of nitro benzene ring substituents is 1. The molecule has 0 bridgehead atoms. The summed E-state index contributed by atoms with van der Waals surface area (Å²) in [6, 6.07) is 4.71. The summed E-state index contributed by atoms with van der Waals surface area (Å²) in [4.78, 5) is 11.0. The van der Waals surface area contributed by atoms with E-state index in [0.717, 1.165) is 15.1 Å². The highest BCUT2D eigenvalue weighted by molar-refractivity contribution is 9.10. The van der Waals surface area contributed by atoms with Gasteiger partial charge in [-0.25, -0.2) is 0 Å². The first-order valence-corrected chi connectivity index (χ1v) is 6.09. The molecule has 0 aliphatic rings. The van der Waals surface area contributed by atoms with Gasteiger partial charge in [0.15, 0.2) is 0 Å². The molecule has 76 valence electrons. The van der Waals surface area contributed by atoms with Crippen LogP contribution < -0.4 is 0 Å². The van der Waals surface area contributed by atoms with Gasteiger partial charge in [0.2, 0.25) is 0 Å². The number of hydrogen-bond acceptors (Lipinski definition) is 3. The normalized spacial score (nSPS) is 10.1. The van der Waals surface area contributed by atoms with Gasteiger partial charge in [0.25, 0.3) is 5.69 Å². The summed E-state index contributed by atoms with van der Waals surface area (Å²) in [6.45, 7) is 0. The van der Waals surface area contributed by atoms with Crippen molar-refractivity contribution in [2.45, 2.75) is 4.90 Å². The fourth-order valence-corrected chi connectivity index (χ4v) is 2.47. The van der Waals surface area contributed by atoms with E-state index in [9.17, 15) is 10.1 Å². The van der Waals surface area contributed by atoms with Gasteiger partial charge in [-0.05, 0) is 22.0 Å². The number of non-ortho nitro benzene ring substituents is 1. The van der Waals surface area contributed by atoms with E-state index in [0.29, 0.717) is 5.88 Å². The maximum Gasteiger partial charge on any atom is 0.270 e. The van der Waals surface area contributed by atoms with Gasteiger partial charge in [-0.3, -0.25) is 10.1 Å². The van der Waals surface area contributed by atoms with Crippen LogP contribution in [0.3, 0.4) is 0 Å². The van der Waals surface area contributed by atoms with Crippen LogP contribution in [-0.4, -0.2) is 16.6 Å². The fraction of sp³-hybridized carbons (Fsp3) is 0.250. The summed E-state index contributed by atoms with van der Waals surface area (Å²) in [7, 11) is 0. The van der Waals surface area contributed by atoms with E-state index >= 15 is 0 Å². The van der Waals surface area contributed by atoms with Gasteiger partial charge in [-0.1, -0.05) is 0 Å². The lowest BCUT2D eigenvalue weighted by Crippen LogP contribution is -1.88. The van der Waals surface area contributed by atoms with E-state index in [4.69, 9.17) is 11.6 Å². The predicted molar refractivity (Wildman–Crippen MR) is 62.2 cm³/mol. The lowest BCUT2D eigenvalue weighted by molar-refractivity contribution is -0.385. The van der Waals surface area contributed by atoms with Crippen LogP contribution in [0.2, 0.25) is 0 Å². The molecule has 0 unspecified atom stereocenters. The fourth-order valence-electron chi connectivity index (χ4n) is 0.869. The Balaban J connectivity index is 2.84. The third-order valence-corrected chi connectivity index (χ3v) is 3.87. The standard InChI is InChI=1S/C8H7BrClNO2S/c9-7-5-6(11(12)13)1-2-8(7)14-4-3-10/h1-2,5H,3-4H2. The zero-order valence-corrected chi connectivity index (χ0v) is 10.2. The molecule has 14 heavy (non-hydrogen) atoms. The monoisotopic (exact) mass is 295 g/mol. The molecule has 0 heterocycles. The molecular weight excluding hydrogens is 290 g/mol. The lowest BCUT2D eigenvalue weighted by atomic mass is 10.3. The Kier molecular flexibility index (Phi) is 4.71. The van der Waals surface area contributed by atoms with Gasteiger partial charge < -0.3 is 0 Å². The molecule has 0 N–H and O–H groups in total. The second kappa shape index (κ2) is 5.58. The molecule has 1 aromatic rings. The molecule has 0 aliphatic heterocycles. The third kappa shape index (κ3) is 3.15. The second-order valence-electron chi connectivity index (χ2n) is 2.41. The van der Waals surface area contributed by atoms with E-state index in [1.165, 1.54) is 12.1 Å². The Morgan fingerprint density at radius 2 is 2.29 bits per heavy atom. The van der Waals surface area contributed by atoms with Crippen molar-refractivity contribution in [2.75, 3.05) is 11.6 Å². The number of thioether (sulfide) groups is 1. The van der Waals surface area contributed by atoms with Crippen molar-refractivity contribution in [3.63, 3.8) is 0 Å². The van der Waals surface area contributed by atoms with Gasteiger partial charge in [0, 0.05) is 33.1 Å². The molecule has 3 nitrogen and oxygen atoms in total. The molecule has 1 aromatic carbocycles. The highest BCUT2D eigenvalue weighted by Gasteiger charge is 2.08. The smallest absolute Gasteiger partial charge is 0.258 e. The first-order valence-electron chi connectivity index (χ1n) is 3.78. The van der Waals surface area contributed by atoms with Crippen molar-refractivity contribution >= 4 is 45.0 Å². The molecule has 0 amide bonds. The second-order valence-corrected chi connectivity index (χ2v) is 4.78. The van der Waals surface area contributed by atoms with Gasteiger partial charge >= 0.3 is 0 Å². The van der Waals surface area contributed by atoms with Crippen LogP contribution in [0.25, 0.3) is 0 Å². The summed E-state index contributed by atoms with van der Waals surface area (Å²) < 4.78 is 0.738. The number of rotatable bonds is 4. The van der Waals surface area contributed by atoms with Crippen LogP contribution in [0.1, 0.15) is 0 Å². The number of hydrogen-bond donors (Lipinski definition) is 0. The maximum atomic E-state index is 10.4. The summed E-state index contributed by atoms with van der Waals surface area (Å²) in [5, 5.41) is 10.4. The SMILES string of the molecule is O=[N+]([O-])c1ccc(SCCCl)c(Br)c1. The summed E-state index contributed by atoms with van der Waals surface area (Å²) in [5.74, 6) is 1.35. The van der Waals surface area contributed by atoms with Crippen molar-refractivity contribution in [1.82, 2.24) is 0 Å². The van der Waals surface area contributed by atoms with Crippen molar-refractivity contribution in [3.05, 3.63) is 32.8 Å². The zero-order chi connectivity index (χ0) is 10.6. The highest BCUT2D eigenvalue weighted by Crippen LogP contribution is 2.30. The number of benzene rings is 1. The van der Waals surface area contributed by atoms with Crippen molar-refractivity contribution in [2.24, 2.45) is 0 Å². The number of alkyl halides is 1. The van der Waals surface area contributed by atoms with Crippen LogP contribution >= 0.6 is 39.3 Å². The number of nitrogens with zero attached hydrogens (tertiary/aromatic N) is 1. The molecular formula is C8H7BrClNO2S. The van der Waals surface area contributed by atoms with E-state index < -0.39 is 4.92 Å². The van der Waals surface area contributed by atoms with Gasteiger partial charge in [-0.2, -0.15) is 0 Å². The predicted octanol–water partition coefficient (Wildman–Crippen LogP) is 3.69. The molecule has 0 saturated heterocycles. The minimum absolute atomic E-state index is 0.0899. The van der Waals surface area contributed by atoms with Crippen LogP contribution in [0.4, 0.5) is 5.69 Å². The molecule has 0 radical (unpaired) electrons. The highest BCUT2D eigenvalue weighted by atomic mass is 79.9. The number of nitro groups is 1. The van der Waals surface area contributed by atoms with E-state index in [1.54, 1.807) is 17.8 Å². The van der Waals surface area contributed by atoms with Crippen molar-refractivity contribution in [3.8, 4) is 0 Å². The number of halogens is 2. The summed E-state index contributed by atoms with van der Waals surface area (Å²) >= 11 is 10.4.